The number of fused-ring (bicyclic) bond motifs is 1. The molecule has 0 aliphatic heterocycles. The highest BCUT2D eigenvalue weighted by atomic mass is 15.3. The first-order chi connectivity index (χ1) is 13.3. The van der Waals surface area contributed by atoms with Crippen molar-refractivity contribution in [1.82, 2.24) is 25.0 Å². The Balaban J connectivity index is 2.07. The molecule has 0 aliphatic rings. The Labute approximate surface area is 166 Å². The van der Waals surface area contributed by atoms with Crippen LogP contribution in [0.1, 0.15) is 53.5 Å². The first kappa shape index (κ1) is 20.1. The smallest absolute Gasteiger partial charge is 0.0868 e. The third-order valence-corrected chi connectivity index (χ3v) is 5.65. The highest BCUT2D eigenvalue weighted by molar-refractivity contribution is 5.82. The second kappa shape index (κ2) is 7.78. The van der Waals surface area contributed by atoms with Gasteiger partial charge in [-0.15, -0.1) is 0 Å². The van der Waals surface area contributed by atoms with Crippen LogP contribution in [0.5, 0.6) is 0 Å². The lowest BCUT2D eigenvalue weighted by molar-refractivity contribution is 0.509. The molecule has 0 saturated carbocycles. The molecule has 3 aromatic heterocycles. The SMILES string of the molecule is CCC(C)/C(=c1/cn[nH]/c1=C/N)C(C)Cn1ncc2c(C(C)(C)C)cncc21. The topological polar surface area (TPSA) is 85.4 Å². The van der Waals surface area contributed by atoms with Gasteiger partial charge in [-0.2, -0.15) is 10.2 Å². The number of aromatic amines is 1. The normalized spacial score (nSPS) is 16.4. The Morgan fingerprint density at radius 1 is 1.18 bits per heavy atom. The second-order valence-corrected chi connectivity index (χ2v) is 8.73. The van der Waals surface area contributed by atoms with E-state index in [1.54, 1.807) is 6.20 Å². The van der Waals surface area contributed by atoms with Crippen LogP contribution in [0.2, 0.25) is 0 Å². The predicted molar refractivity (Wildman–Crippen MR) is 115 cm³/mol. The van der Waals surface area contributed by atoms with Crippen molar-refractivity contribution in [2.24, 2.45) is 17.6 Å². The van der Waals surface area contributed by atoms with Crippen LogP contribution in [0.25, 0.3) is 22.7 Å². The fourth-order valence-corrected chi connectivity index (χ4v) is 3.98. The summed E-state index contributed by atoms with van der Waals surface area (Å²) in [6.07, 6.45) is 10.4. The van der Waals surface area contributed by atoms with Crippen LogP contribution in [-0.4, -0.2) is 25.0 Å². The Kier molecular flexibility index (Phi) is 5.59. The molecule has 6 nitrogen and oxygen atoms in total. The Morgan fingerprint density at radius 2 is 1.93 bits per heavy atom. The molecule has 0 radical (unpaired) electrons. The van der Waals surface area contributed by atoms with Crippen molar-refractivity contribution >= 4 is 22.7 Å². The lowest BCUT2D eigenvalue weighted by Crippen LogP contribution is -2.31. The largest absolute Gasteiger partial charge is 0.403 e. The van der Waals surface area contributed by atoms with Crippen molar-refractivity contribution in [2.75, 3.05) is 0 Å². The number of nitrogens with zero attached hydrogens (tertiary/aromatic N) is 4. The average Bonchev–Trinajstić information content (AvgIpc) is 3.28. The Bertz CT molecular complexity index is 1070. The van der Waals surface area contributed by atoms with Crippen molar-refractivity contribution in [3.05, 3.63) is 40.9 Å². The van der Waals surface area contributed by atoms with E-state index in [0.717, 1.165) is 29.1 Å². The van der Waals surface area contributed by atoms with Gasteiger partial charge in [0.15, 0.2) is 0 Å². The zero-order valence-electron chi connectivity index (χ0n) is 17.8. The summed E-state index contributed by atoms with van der Waals surface area (Å²) in [5.41, 5.74) is 9.51. The molecule has 0 amide bonds. The minimum absolute atomic E-state index is 0.0304. The lowest BCUT2D eigenvalue weighted by atomic mass is 9.86. The van der Waals surface area contributed by atoms with E-state index in [9.17, 15) is 0 Å². The van der Waals surface area contributed by atoms with Gasteiger partial charge in [-0.1, -0.05) is 47.1 Å². The fraction of sp³-hybridized carbons (Fsp3) is 0.500. The standard InChI is InChI=1S/C22H32N6/c1-7-14(2)21(17-9-25-27-19(17)8-23)15(3)13-28-20-12-24-11-18(22(4,5)6)16(20)10-26-28/h8-12,14-15,27H,7,13,23H2,1-6H3/b19-8+,21-17+. The van der Waals surface area contributed by atoms with E-state index < -0.39 is 0 Å². The van der Waals surface area contributed by atoms with Crippen LogP contribution >= 0.6 is 0 Å². The van der Waals surface area contributed by atoms with Crippen molar-refractivity contribution in [3.63, 3.8) is 0 Å². The van der Waals surface area contributed by atoms with Gasteiger partial charge in [-0.25, -0.2) is 0 Å². The first-order valence-electron chi connectivity index (χ1n) is 10.0. The Hall–Kier alpha value is -2.63. The number of H-pyrrole nitrogens is 1. The molecule has 3 rings (SSSR count). The molecule has 3 aromatic rings. The van der Waals surface area contributed by atoms with E-state index in [1.165, 1.54) is 16.5 Å². The molecular formula is C22H32N6. The van der Waals surface area contributed by atoms with E-state index in [4.69, 9.17) is 10.8 Å². The molecular weight excluding hydrogens is 348 g/mol. The predicted octanol–water partition coefficient (Wildman–Crippen LogP) is 2.68. The molecule has 6 heteroatoms. The molecule has 0 spiro atoms. The molecule has 28 heavy (non-hydrogen) atoms. The summed E-state index contributed by atoms with van der Waals surface area (Å²) in [4.78, 5) is 4.49. The molecule has 0 fully saturated rings. The monoisotopic (exact) mass is 380 g/mol. The van der Waals surface area contributed by atoms with Crippen LogP contribution in [0.3, 0.4) is 0 Å². The maximum Gasteiger partial charge on any atom is 0.0868 e. The number of nitrogens with one attached hydrogen (secondary N) is 1. The molecule has 0 saturated heterocycles. The number of rotatable bonds is 5. The van der Waals surface area contributed by atoms with Gasteiger partial charge in [0, 0.05) is 29.5 Å². The molecule has 150 valence electrons. The zero-order chi connectivity index (χ0) is 20.5. The number of nitrogens with two attached hydrogens (primary N) is 1. The van der Waals surface area contributed by atoms with Crippen LogP contribution < -0.4 is 16.3 Å². The summed E-state index contributed by atoms with van der Waals surface area (Å²) in [5.74, 6) is 0.712. The minimum atomic E-state index is 0.0304. The number of hydrogen-bond donors (Lipinski definition) is 2. The summed E-state index contributed by atoms with van der Waals surface area (Å²) in [6, 6.07) is 0. The maximum absolute atomic E-state index is 5.81. The highest BCUT2D eigenvalue weighted by Crippen LogP contribution is 2.30. The Morgan fingerprint density at radius 3 is 2.57 bits per heavy atom. The highest BCUT2D eigenvalue weighted by Gasteiger charge is 2.22. The average molecular weight is 381 g/mol. The summed E-state index contributed by atoms with van der Waals surface area (Å²) in [6.45, 7) is 14.1. The van der Waals surface area contributed by atoms with Crippen LogP contribution in [0.15, 0.2) is 24.8 Å². The summed E-state index contributed by atoms with van der Waals surface area (Å²) in [7, 11) is 0. The quantitative estimate of drug-likeness (QED) is 0.713. The van der Waals surface area contributed by atoms with E-state index in [1.807, 2.05) is 24.8 Å². The van der Waals surface area contributed by atoms with E-state index >= 15 is 0 Å². The third kappa shape index (κ3) is 3.68. The van der Waals surface area contributed by atoms with Gasteiger partial charge in [0.25, 0.3) is 0 Å². The second-order valence-electron chi connectivity index (χ2n) is 8.73. The first-order valence-corrected chi connectivity index (χ1v) is 10.0. The lowest BCUT2D eigenvalue weighted by Gasteiger charge is -2.22. The molecule has 2 unspecified atom stereocenters. The van der Waals surface area contributed by atoms with Crippen molar-refractivity contribution in [3.8, 4) is 0 Å². The summed E-state index contributed by atoms with van der Waals surface area (Å²) < 4.78 is 2.08. The number of aromatic nitrogens is 5. The number of hydrogen-bond acceptors (Lipinski definition) is 4. The molecule has 2 atom stereocenters. The summed E-state index contributed by atoms with van der Waals surface area (Å²) >= 11 is 0. The van der Waals surface area contributed by atoms with Gasteiger partial charge < -0.3 is 5.73 Å². The van der Waals surface area contributed by atoms with Crippen LogP contribution in [0, 0.1) is 11.8 Å². The summed E-state index contributed by atoms with van der Waals surface area (Å²) in [5, 5.41) is 15.1. The molecule has 0 bridgehead atoms. The molecule has 3 N–H and O–H groups in total. The van der Waals surface area contributed by atoms with Gasteiger partial charge in [0.05, 0.1) is 29.5 Å². The van der Waals surface area contributed by atoms with Crippen LogP contribution in [-0.2, 0) is 12.0 Å². The minimum Gasteiger partial charge on any atom is -0.403 e. The van der Waals surface area contributed by atoms with Crippen molar-refractivity contribution in [1.29, 1.82) is 0 Å². The van der Waals surface area contributed by atoms with Gasteiger partial charge >= 0.3 is 0 Å². The third-order valence-electron chi connectivity index (χ3n) is 5.65. The molecule has 3 heterocycles. The van der Waals surface area contributed by atoms with Gasteiger partial charge in [-0.05, 0) is 29.2 Å². The number of pyridine rings is 1. The molecule has 0 aromatic carbocycles. The fourth-order valence-electron chi connectivity index (χ4n) is 3.98. The zero-order valence-corrected chi connectivity index (χ0v) is 17.8. The van der Waals surface area contributed by atoms with Gasteiger partial charge in [-0.3, -0.25) is 14.8 Å². The van der Waals surface area contributed by atoms with Gasteiger partial charge in [0.1, 0.15) is 0 Å². The van der Waals surface area contributed by atoms with Crippen LogP contribution in [0.4, 0.5) is 0 Å². The molecule has 0 aliphatic carbocycles. The van der Waals surface area contributed by atoms with E-state index in [2.05, 4.69) is 61.4 Å². The van der Waals surface area contributed by atoms with Crippen molar-refractivity contribution < 1.29 is 0 Å². The van der Waals surface area contributed by atoms with E-state index in [-0.39, 0.29) is 11.3 Å². The van der Waals surface area contributed by atoms with Crippen molar-refractivity contribution in [2.45, 2.75) is 59.9 Å². The van der Waals surface area contributed by atoms with E-state index in [0.29, 0.717) is 5.92 Å². The van der Waals surface area contributed by atoms with Gasteiger partial charge in [0.2, 0.25) is 0 Å². The maximum atomic E-state index is 5.81.